The first kappa shape index (κ1) is 12.0. The highest BCUT2D eigenvalue weighted by Crippen LogP contribution is 2.34. The van der Waals surface area contributed by atoms with Crippen LogP contribution in [0.15, 0.2) is 24.3 Å². The second kappa shape index (κ2) is 4.64. The van der Waals surface area contributed by atoms with Gasteiger partial charge in [0.05, 0.1) is 0 Å². The van der Waals surface area contributed by atoms with Crippen molar-refractivity contribution < 1.29 is 9.50 Å². The number of phenolic OH excluding ortho intramolecular Hbond substituents is 1. The van der Waals surface area contributed by atoms with Crippen molar-refractivity contribution in [2.24, 2.45) is 5.73 Å². The van der Waals surface area contributed by atoms with Crippen LogP contribution in [0.5, 0.6) is 5.75 Å². The second-order valence-electron chi connectivity index (χ2n) is 3.56. The standard InChI is InChI=1S/C11H13ClFNO/c1-6(2)5-9(14)10-7(12)3-4-8(13)11(10)15/h3-4,9,15H,1,5,14H2,2H3/t9-/m1/s1. The summed E-state index contributed by atoms with van der Waals surface area (Å²) in [5, 5.41) is 9.76. The van der Waals surface area contributed by atoms with E-state index >= 15 is 0 Å². The van der Waals surface area contributed by atoms with Gasteiger partial charge in [-0.1, -0.05) is 17.2 Å². The summed E-state index contributed by atoms with van der Waals surface area (Å²) in [7, 11) is 0. The minimum atomic E-state index is -0.716. The van der Waals surface area contributed by atoms with Crippen molar-refractivity contribution in [2.45, 2.75) is 19.4 Å². The van der Waals surface area contributed by atoms with Gasteiger partial charge in [0.2, 0.25) is 0 Å². The van der Waals surface area contributed by atoms with Crippen molar-refractivity contribution in [3.63, 3.8) is 0 Å². The molecular formula is C11H13ClFNO. The summed E-state index contributed by atoms with van der Waals surface area (Å²) >= 11 is 5.84. The molecule has 0 heterocycles. The molecule has 1 aromatic rings. The maximum atomic E-state index is 13.1. The molecule has 0 aliphatic heterocycles. The third kappa shape index (κ3) is 2.70. The van der Waals surface area contributed by atoms with Crippen LogP contribution in [-0.2, 0) is 0 Å². The molecule has 82 valence electrons. The molecule has 1 rings (SSSR count). The molecule has 0 aliphatic rings. The zero-order valence-electron chi connectivity index (χ0n) is 8.43. The normalized spacial score (nSPS) is 12.5. The van der Waals surface area contributed by atoms with Gasteiger partial charge in [-0.2, -0.15) is 0 Å². The number of aromatic hydroxyl groups is 1. The molecular weight excluding hydrogens is 217 g/mol. The molecule has 0 saturated heterocycles. The van der Waals surface area contributed by atoms with Crippen LogP contribution >= 0.6 is 11.6 Å². The van der Waals surface area contributed by atoms with Crippen LogP contribution < -0.4 is 5.73 Å². The van der Waals surface area contributed by atoms with Gasteiger partial charge in [-0.15, -0.1) is 6.58 Å². The number of nitrogens with two attached hydrogens (primary N) is 1. The van der Waals surface area contributed by atoms with Crippen molar-refractivity contribution >= 4 is 11.6 Å². The van der Waals surface area contributed by atoms with Crippen LogP contribution in [0.2, 0.25) is 5.02 Å². The van der Waals surface area contributed by atoms with E-state index in [2.05, 4.69) is 6.58 Å². The Balaban J connectivity index is 3.12. The summed E-state index contributed by atoms with van der Waals surface area (Å²) in [5.74, 6) is -1.19. The molecule has 0 spiro atoms. The Morgan fingerprint density at radius 3 is 2.80 bits per heavy atom. The summed E-state index contributed by atoms with van der Waals surface area (Å²) in [6, 6.07) is 1.95. The fourth-order valence-electron chi connectivity index (χ4n) is 1.39. The Morgan fingerprint density at radius 1 is 1.67 bits per heavy atom. The van der Waals surface area contributed by atoms with E-state index in [4.69, 9.17) is 17.3 Å². The molecule has 2 nitrogen and oxygen atoms in total. The van der Waals surface area contributed by atoms with Gasteiger partial charge < -0.3 is 10.8 Å². The number of hydrogen-bond acceptors (Lipinski definition) is 2. The molecule has 0 aromatic heterocycles. The zero-order chi connectivity index (χ0) is 11.6. The molecule has 4 heteroatoms. The molecule has 0 bridgehead atoms. The van der Waals surface area contributed by atoms with E-state index in [0.29, 0.717) is 6.42 Å². The maximum absolute atomic E-state index is 13.1. The quantitative estimate of drug-likeness (QED) is 0.783. The van der Waals surface area contributed by atoms with Crippen molar-refractivity contribution in [1.82, 2.24) is 0 Å². The first-order chi connectivity index (χ1) is 6.93. The van der Waals surface area contributed by atoms with Gasteiger partial charge in [0.15, 0.2) is 11.6 Å². The Morgan fingerprint density at radius 2 is 2.27 bits per heavy atom. The van der Waals surface area contributed by atoms with E-state index in [1.54, 1.807) is 0 Å². The van der Waals surface area contributed by atoms with Gasteiger partial charge in [-0.25, -0.2) is 4.39 Å². The molecule has 0 radical (unpaired) electrons. The van der Waals surface area contributed by atoms with Gasteiger partial charge in [0, 0.05) is 16.6 Å². The SMILES string of the molecule is C=C(C)C[C@@H](N)c1c(Cl)ccc(F)c1O. The topological polar surface area (TPSA) is 46.2 Å². The number of benzene rings is 1. The Hall–Kier alpha value is -1.06. The number of phenols is 1. The van der Waals surface area contributed by atoms with Crippen LogP contribution in [0.25, 0.3) is 0 Å². The second-order valence-corrected chi connectivity index (χ2v) is 3.97. The Labute approximate surface area is 93.2 Å². The molecule has 0 amide bonds. The molecule has 0 fully saturated rings. The molecule has 3 N–H and O–H groups in total. The minimum absolute atomic E-state index is 0.236. The van der Waals surface area contributed by atoms with Gasteiger partial charge in [0.1, 0.15) is 0 Å². The number of hydrogen-bond donors (Lipinski definition) is 2. The van der Waals surface area contributed by atoms with Gasteiger partial charge >= 0.3 is 0 Å². The summed E-state index contributed by atoms with van der Waals surface area (Å²) in [6.45, 7) is 5.51. The molecule has 1 atom stereocenters. The predicted molar refractivity (Wildman–Crippen MR) is 59.4 cm³/mol. The Bertz CT molecular complexity index is 392. The molecule has 1 aromatic carbocycles. The van der Waals surface area contributed by atoms with Crippen molar-refractivity contribution in [1.29, 1.82) is 0 Å². The van der Waals surface area contributed by atoms with E-state index in [9.17, 15) is 9.50 Å². The molecule has 0 saturated carbocycles. The first-order valence-corrected chi connectivity index (χ1v) is 4.88. The van der Waals surface area contributed by atoms with E-state index < -0.39 is 17.6 Å². The highest BCUT2D eigenvalue weighted by Gasteiger charge is 2.18. The highest BCUT2D eigenvalue weighted by atomic mass is 35.5. The fourth-order valence-corrected chi connectivity index (χ4v) is 1.68. The van der Waals surface area contributed by atoms with Crippen molar-refractivity contribution in [2.75, 3.05) is 0 Å². The zero-order valence-corrected chi connectivity index (χ0v) is 9.18. The van der Waals surface area contributed by atoms with E-state index in [1.807, 2.05) is 6.92 Å². The lowest BCUT2D eigenvalue weighted by molar-refractivity contribution is 0.420. The average Bonchev–Trinajstić information content (AvgIpc) is 2.11. The van der Waals surface area contributed by atoms with Crippen LogP contribution in [0, 0.1) is 5.82 Å². The van der Waals surface area contributed by atoms with Gasteiger partial charge in [-0.05, 0) is 25.5 Å². The third-order valence-corrected chi connectivity index (χ3v) is 2.38. The average molecular weight is 230 g/mol. The molecule has 15 heavy (non-hydrogen) atoms. The van der Waals surface area contributed by atoms with E-state index in [1.165, 1.54) is 6.07 Å². The summed E-state index contributed by atoms with van der Waals surface area (Å²) in [6.07, 6.45) is 0.455. The largest absolute Gasteiger partial charge is 0.505 e. The van der Waals surface area contributed by atoms with Crippen molar-refractivity contribution in [3.8, 4) is 5.75 Å². The van der Waals surface area contributed by atoms with Crippen LogP contribution in [0.4, 0.5) is 4.39 Å². The van der Waals surface area contributed by atoms with Crippen LogP contribution in [0.3, 0.4) is 0 Å². The fraction of sp³-hybridized carbons (Fsp3) is 0.273. The lowest BCUT2D eigenvalue weighted by atomic mass is 10.00. The monoisotopic (exact) mass is 229 g/mol. The third-order valence-electron chi connectivity index (χ3n) is 2.05. The highest BCUT2D eigenvalue weighted by molar-refractivity contribution is 6.31. The van der Waals surface area contributed by atoms with Gasteiger partial charge in [0.25, 0.3) is 0 Å². The minimum Gasteiger partial charge on any atom is -0.505 e. The lowest BCUT2D eigenvalue weighted by Gasteiger charge is -2.15. The number of rotatable bonds is 3. The predicted octanol–water partition coefficient (Wildman–Crippen LogP) is 3.15. The Kier molecular flexibility index (Phi) is 3.72. The first-order valence-electron chi connectivity index (χ1n) is 4.50. The van der Waals surface area contributed by atoms with Crippen LogP contribution in [0.1, 0.15) is 24.9 Å². The summed E-state index contributed by atoms with van der Waals surface area (Å²) < 4.78 is 13.1. The van der Waals surface area contributed by atoms with Crippen molar-refractivity contribution in [3.05, 3.63) is 40.7 Å². The van der Waals surface area contributed by atoms with E-state index in [0.717, 1.165) is 11.6 Å². The smallest absolute Gasteiger partial charge is 0.165 e. The van der Waals surface area contributed by atoms with Gasteiger partial charge in [-0.3, -0.25) is 0 Å². The van der Waals surface area contributed by atoms with Crippen LogP contribution in [-0.4, -0.2) is 5.11 Å². The van der Waals surface area contributed by atoms with E-state index in [-0.39, 0.29) is 10.6 Å². The molecule has 0 aliphatic carbocycles. The number of halogens is 2. The molecule has 0 unspecified atom stereocenters. The maximum Gasteiger partial charge on any atom is 0.165 e. The summed E-state index contributed by atoms with van der Waals surface area (Å²) in [5.41, 5.74) is 6.88. The lowest BCUT2D eigenvalue weighted by Crippen LogP contribution is -2.11. The summed E-state index contributed by atoms with van der Waals surface area (Å²) in [4.78, 5) is 0.